The average Bonchev–Trinajstić information content (AvgIpc) is 3.36. The van der Waals surface area contributed by atoms with Gasteiger partial charge in [0.2, 0.25) is 0 Å². The van der Waals surface area contributed by atoms with Crippen LogP contribution in [0.4, 0.5) is 0 Å². The van der Waals surface area contributed by atoms with E-state index in [0.717, 1.165) is 60.3 Å². The first-order chi connectivity index (χ1) is 15.7. The third-order valence-electron chi connectivity index (χ3n) is 4.84. The van der Waals surface area contributed by atoms with Crippen LogP contribution in [0.2, 0.25) is 0 Å². The Labute approximate surface area is 189 Å². The third-order valence-corrected chi connectivity index (χ3v) is 4.84. The highest BCUT2D eigenvalue weighted by Gasteiger charge is 2.06. The standard InChI is InChI=1S/C24H32N6O2/c1-4-25-24(27-16-19-8-6-10-20(14-19)23-28-17-29-30-23)26-13-7-9-18-11-12-21(31-3)22(15-18)32-5-2/h6,8,10-12,14-15,17H,4-5,7,9,13,16H2,1-3H3,(H2,25,26,27)(H,28,29,30). The normalized spacial score (nSPS) is 11.3. The molecule has 1 aromatic heterocycles. The van der Waals surface area contributed by atoms with E-state index in [1.54, 1.807) is 7.11 Å². The lowest BCUT2D eigenvalue weighted by molar-refractivity contribution is 0.310. The Bertz CT molecular complexity index is 988. The fraction of sp³-hybridized carbons (Fsp3) is 0.375. The van der Waals surface area contributed by atoms with Crippen molar-refractivity contribution in [2.75, 3.05) is 26.8 Å². The molecule has 0 atom stereocenters. The van der Waals surface area contributed by atoms with Gasteiger partial charge >= 0.3 is 0 Å². The Balaban J connectivity index is 1.53. The third kappa shape index (κ3) is 6.73. The molecule has 0 aliphatic heterocycles. The number of nitrogens with one attached hydrogen (secondary N) is 3. The maximum absolute atomic E-state index is 5.67. The van der Waals surface area contributed by atoms with Crippen LogP contribution in [0.1, 0.15) is 31.4 Å². The minimum absolute atomic E-state index is 0.577. The molecule has 3 rings (SSSR count). The highest BCUT2D eigenvalue weighted by molar-refractivity contribution is 5.79. The zero-order chi connectivity index (χ0) is 22.6. The van der Waals surface area contributed by atoms with Crippen molar-refractivity contribution in [1.82, 2.24) is 25.8 Å². The number of hydrogen-bond acceptors (Lipinski definition) is 5. The van der Waals surface area contributed by atoms with E-state index < -0.39 is 0 Å². The Morgan fingerprint density at radius 2 is 1.97 bits per heavy atom. The summed E-state index contributed by atoms with van der Waals surface area (Å²) in [4.78, 5) is 8.93. The smallest absolute Gasteiger partial charge is 0.191 e. The van der Waals surface area contributed by atoms with Crippen LogP contribution in [0, 0.1) is 0 Å². The molecular formula is C24H32N6O2. The molecule has 0 spiro atoms. The molecule has 3 aromatic rings. The van der Waals surface area contributed by atoms with Gasteiger partial charge < -0.3 is 20.1 Å². The number of rotatable bonds is 11. The zero-order valence-electron chi connectivity index (χ0n) is 19.0. The van der Waals surface area contributed by atoms with Gasteiger partial charge in [0.05, 0.1) is 20.3 Å². The quantitative estimate of drug-likeness (QED) is 0.242. The van der Waals surface area contributed by atoms with Crippen LogP contribution in [-0.4, -0.2) is 47.9 Å². The minimum atomic E-state index is 0.577. The second-order valence-electron chi connectivity index (χ2n) is 7.18. The summed E-state index contributed by atoms with van der Waals surface area (Å²) in [5.74, 6) is 3.12. The molecule has 0 aliphatic carbocycles. The summed E-state index contributed by atoms with van der Waals surface area (Å²) >= 11 is 0. The highest BCUT2D eigenvalue weighted by Crippen LogP contribution is 2.28. The van der Waals surface area contributed by atoms with Crippen molar-refractivity contribution in [3.05, 3.63) is 59.9 Å². The molecule has 170 valence electrons. The first-order valence-corrected chi connectivity index (χ1v) is 11.0. The summed E-state index contributed by atoms with van der Waals surface area (Å²) in [5.41, 5.74) is 3.33. The topological polar surface area (TPSA) is 96.5 Å². The van der Waals surface area contributed by atoms with Crippen LogP contribution in [0.5, 0.6) is 11.5 Å². The van der Waals surface area contributed by atoms with Crippen LogP contribution in [0.15, 0.2) is 53.8 Å². The van der Waals surface area contributed by atoms with Crippen molar-refractivity contribution in [2.45, 2.75) is 33.2 Å². The van der Waals surface area contributed by atoms with Gasteiger partial charge in [-0.15, -0.1) is 0 Å². The van der Waals surface area contributed by atoms with Gasteiger partial charge in [-0.2, -0.15) is 5.10 Å². The van der Waals surface area contributed by atoms with Gasteiger partial charge in [-0.25, -0.2) is 9.98 Å². The van der Waals surface area contributed by atoms with E-state index in [1.807, 2.05) is 25.1 Å². The van der Waals surface area contributed by atoms with Crippen LogP contribution in [0.25, 0.3) is 11.4 Å². The lowest BCUT2D eigenvalue weighted by Crippen LogP contribution is -2.37. The van der Waals surface area contributed by atoms with Crippen molar-refractivity contribution < 1.29 is 9.47 Å². The highest BCUT2D eigenvalue weighted by atomic mass is 16.5. The van der Waals surface area contributed by atoms with E-state index in [9.17, 15) is 0 Å². The van der Waals surface area contributed by atoms with Crippen molar-refractivity contribution in [2.24, 2.45) is 4.99 Å². The van der Waals surface area contributed by atoms with Gasteiger partial charge in [0.1, 0.15) is 6.33 Å². The maximum atomic E-state index is 5.67. The fourth-order valence-electron chi connectivity index (χ4n) is 3.32. The number of aliphatic imine (C=N–C) groups is 1. The minimum Gasteiger partial charge on any atom is -0.493 e. The van der Waals surface area contributed by atoms with Gasteiger partial charge in [-0.05, 0) is 56.0 Å². The molecule has 0 unspecified atom stereocenters. The number of H-pyrrole nitrogens is 1. The molecule has 0 aliphatic rings. The molecule has 0 saturated heterocycles. The maximum Gasteiger partial charge on any atom is 0.191 e. The van der Waals surface area contributed by atoms with Crippen LogP contribution in [0.3, 0.4) is 0 Å². The Kier molecular flexibility index (Phi) is 8.92. The molecule has 2 aromatic carbocycles. The second kappa shape index (κ2) is 12.3. The summed E-state index contributed by atoms with van der Waals surface area (Å²) in [6.07, 6.45) is 3.43. The predicted octanol–water partition coefficient (Wildman–Crippen LogP) is 3.57. The van der Waals surface area contributed by atoms with E-state index in [0.29, 0.717) is 13.2 Å². The van der Waals surface area contributed by atoms with E-state index in [-0.39, 0.29) is 0 Å². The molecule has 0 amide bonds. The SMILES string of the molecule is CCNC(=NCc1cccc(-c2ncn[nH]2)c1)NCCCc1ccc(OC)c(OCC)c1. The van der Waals surface area contributed by atoms with E-state index in [1.165, 1.54) is 11.9 Å². The molecule has 8 nitrogen and oxygen atoms in total. The van der Waals surface area contributed by atoms with Crippen LogP contribution in [-0.2, 0) is 13.0 Å². The number of aromatic amines is 1. The van der Waals surface area contributed by atoms with Gasteiger partial charge in [0, 0.05) is 18.7 Å². The first-order valence-electron chi connectivity index (χ1n) is 11.0. The van der Waals surface area contributed by atoms with E-state index in [4.69, 9.17) is 14.5 Å². The Morgan fingerprint density at radius 1 is 1.06 bits per heavy atom. The number of benzene rings is 2. The molecule has 3 N–H and O–H groups in total. The van der Waals surface area contributed by atoms with Crippen molar-refractivity contribution >= 4 is 5.96 Å². The fourth-order valence-corrected chi connectivity index (χ4v) is 3.32. The predicted molar refractivity (Wildman–Crippen MR) is 127 cm³/mol. The number of methoxy groups -OCH3 is 1. The van der Waals surface area contributed by atoms with Gasteiger partial charge in [-0.3, -0.25) is 5.10 Å². The Hall–Kier alpha value is -3.55. The van der Waals surface area contributed by atoms with Gasteiger partial charge in [-0.1, -0.05) is 24.3 Å². The van der Waals surface area contributed by atoms with Crippen molar-refractivity contribution in [3.63, 3.8) is 0 Å². The lowest BCUT2D eigenvalue weighted by Gasteiger charge is -2.13. The van der Waals surface area contributed by atoms with E-state index >= 15 is 0 Å². The van der Waals surface area contributed by atoms with Crippen molar-refractivity contribution in [1.29, 1.82) is 0 Å². The zero-order valence-corrected chi connectivity index (χ0v) is 19.0. The molecule has 0 bridgehead atoms. The first kappa shape index (κ1) is 23.1. The van der Waals surface area contributed by atoms with Crippen LogP contribution >= 0.6 is 0 Å². The van der Waals surface area contributed by atoms with E-state index in [2.05, 4.69) is 57.0 Å². The number of guanidine groups is 1. The molecule has 0 radical (unpaired) electrons. The monoisotopic (exact) mass is 436 g/mol. The molecule has 0 fully saturated rings. The van der Waals surface area contributed by atoms with Crippen molar-refractivity contribution in [3.8, 4) is 22.9 Å². The number of hydrogen-bond donors (Lipinski definition) is 3. The van der Waals surface area contributed by atoms with Crippen LogP contribution < -0.4 is 20.1 Å². The summed E-state index contributed by atoms with van der Waals surface area (Å²) in [7, 11) is 1.66. The summed E-state index contributed by atoms with van der Waals surface area (Å²) in [5, 5.41) is 13.5. The number of aromatic nitrogens is 3. The summed E-state index contributed by atoms with van der Waals surface area (Å²) in [6.45, 7) is 6.86. The molecule has 8 heteroatoms. The molecule has 1 heterocycles. The molecular weight excluding hydrogens is 404 g/mol. The number of aryl methyl sites for hydroxylation is 1. The second-order valence-corrected chi connectivity index (χ2v) is 7.18. The Morgan fingerprint density at radius 3 is 2.72 bits per heavy atom. The number of nitrogens with zero attached hydrogens (tertiary/aromatic N) is 3. The molecule has 32 heavy (non-hydrogen) atoms. The average molecular weight is 437 g/mol. The summed E-state index contributed by atoms with van der Waals surface area (Å²) in [6, 6.07) is 14.3. The van der Waals surface area contributed by atoms with Gasteiger partial charge in [0.25, 0.3) is 0 Å². The van der Waals surface area contributed by atoms with Gasteiger partial charge in [0.15, 0.2) is 23.3 Å². The summed E-state index contributed by atoms with van der Waals surface area (Å²) < 4.78 is 11.0. The largest absolute Gasteiger partial charge is 0.493 e. The number of ether oxygens (including phenoxy) is 2. The lowest BCUT2D eigenvalue weighted by atomic mass is 10.1. The molecule has 0 saturated carbocycles.